The van der Waals surface area contributed by atoms with Gasteiger partial charge in [-0.15, -0.1) is 0 Å². The number of hydrazone groups is 1. The highest BCUT2D eigenvalue weighted by Gasteiger charge is 2.04. The Morgan fingerprint density at radius 2 is 1.74 bits per heavy atom. The number of fused-ring (bicyclic) bond motifs is 1. The molecule has 0 unspecified atom stereocenters. The van der Waals surface area contributed by atoms with Crippen LogP contribution in [0.15, 0.2) is 71.8 Å². The van der Waals surface area contributed by atoms with Crippen LogP contribution in [0.25, 0.3) is 10.8 Å². The summed E-state index contributed by atoms with van der Waals surface area (Å²) in [5, 5.41) is 9.25. The predicted molar refractivity (Wildman–Crippen MR) is 106 cm³/mol. The van der Waals surface area contributed by atoms with Gasteiger partial charge in [0.25, 0.3) is 5.91 Å². The van der Waals surface area contributed by atoms with Gasteiger partial charge in [0.2, 0.25) is 0 Å². The number of anilines is 1. The maximum Gasteiger partial charge on any atom is 0.337 e. The summed E-state index contributed by atoms with van der Waals surface area (Å²) in [6, 6.07) is 20.7. The molecule has 0 aliphatic carbocycles. The lowest BCUT2D eigenvalue weighted by Crippen LogP contribution is -2.25. The summed E-state index contributed by atoms with van der Waals surface area (Å²) in [4.78, 5) is 23.3. The summed E-state index contributed by atoms with van der Waals surface area (Å²) in [6.45, 7) is 0.108. The third kappa shape index (κ3) is 4.92. The molecule has 0 radical (unpaired) electrons. The molecule has 3 aromatic rings. The summed E-state index contributed by atoms with van der Waals surface area (Å²) in [7, 11) is 1.33. The van der Waals surface area contributed by atoms with Crippen molar-refractivity contribution in [3.8, 4) is 0 Å². The number of hydrogen-bond donors (Lipinski definition) is 2. The Morgan fingerprint density at radius 3 is 2.48 bits per heavy atom. The van der Waals surface area contributed by atoms with E-state index in [9.17, 15) is 9.59 Å². The topological polar surface area (TPSA) is 79.8 Å². The first-order valence-electron chi connectivity index (χ1n) is 8.38. The lowest BCUT2D eigenvalue weighted by molar-refractivity contribution is -0.119. The average Bonchev–Trinajstić information content (AvgIpc) is 2.72. The molecule has 0 aromatic heterocycles. The number of rotatable bonds is 6. The second-order valence-electron chi connectivity index (χ2n) is 5.82. The number of nitrogens with one attached hydrogen (secondary N) is 2. The van der Waals surface area contributed by atoms with Gasteiger partial charge < -0.3 is 10.1 Å². The summed E-state index contributed by atoms with van der Waals surface area (Å²) in [5.74, 6) is -0.655. The zero-order valence-corrected chi connectivity index (χ0v) is 14.8. The molecule has 0 heterocycles. The molecule has 0 aliphatic rings. The van der Waals surface area contributed by atoms with E-state index < -0.39 is 5.97 Å². The number of nitrogens with zero attached hydrogens (tertiary/aromatic N) is 1. The van der Waals surface area contributed by atoms with Crippen molar-refractivity contribution in [2.75, 3.05) is 19.0 Å². The number of hydrogen-bond acceptors (Lipinski definition) is 5. The van der Waals surface area contributed by atoms with Crippen LogP contribution in [0.4, 0.5) is 5.69 Å². The van der Waals surface area contributed by atoms with Gasteiger partial charge in [0.05, 0.1) is 25.4 Å². The van der Waals surface area contributed by atoms with Crippen molar-refractivity contribution in [1.82, 2.24) is 5.43 Å². The van der Waals surface area contributed by atoms with Crippen LogP contribution < -0.4 is 10.7 Å². The largest absolute Gasteiger partial charge is 0.465 e. The van der Waals surface area contributed by atoms with Crippen molar-refractivity contribution < 1.29 is 14.3 Å². The minimum Gasteiger partial charge on any atom is -0.465 e. The first-order chi connectivity index (χ1) is 13.2. The first kappa shape index (κ1) is 18.1. The Kier molecular flexibility index (Phi) is 5.79. The Hall–Kier alpha value is -3.67. The molecule has 0 saturated heterocycles. The van der Waals surface area contributed by atoms with Crippen LogP contribution >= 0.6 is 0 Å². The van der Waals surface area contributed by atoms with Crippen LogP contribution in [-0.4, -0.2) is 31.7 Å². The maximum atomic E-state index is 11.9. The Labute approximate surface area is 156 Å². The molecule has 0 bridgehead atoms. The lowest BCUT2D eigenvalue weighted by Gasteiger charge is -2.06. The molecule has 0 fully saturated rings. The normalized spacial score (nSPS) is 10.7. The first-order valence-corrected chi connectivity index (χ1v) is 8.38. The van der Waals surface area contributed by atoms with Gasteiger partial charge >= 0.3 is 5.97 Å². The Balaban J connectivity index is 1.50. The molecule has 0 spiro atoms. The van der Waals surface area contributed by atoms with Crippen LogP contribution in [-0.2, 0) is 9.53 Å². The summed E-state index contributed by atoms with van der Waals surface area (Å²) in [6.07, 6.45) is 1.51. The van der Waals surface area contributed by atoms with Gasteiger partial charge in [-0.3, -0.25) is 4.79 Å². The molecule has 1 amide bonds. The quantitative estimate of drug-likeness (QED) is 0.401. The van der Waals surface area contributed by atoms with Crippen LogP contribution in [0.3, 0.4) is 0 Å². The SMILES string of the molecule is COC(=O)c1ccc(/C=N\NC(=O)CNc2ccc3ccccc3c2)cc1. The molecule has 0 saturated carbocycles. The predicted octanol–water partition coefficient (Wildman–Crippen LogP) is 3.19. The number of amides is 1. The number of benzene rings is 3. The van der Waals surface area contributed by atoms with E-state index in [1.807, 2.05) is 42.5 Å². The summed E-state index contributed by atoms with van der Waals surface area (Å²) < 4.78 is 4.64. The average molecular weight is 361 g/mol. The Bertz CT molecular complexity index is 981. The maximum absolute atomic E-state index is 11.9. The fourth-order valence-electron chi connectivity index (χ4n) is 2.52. The number of methoxy groups -OCH3 is 1. The third-order valence-corrected chi connectivity index (χ3v) is 3.94. The van der Waals surface area contributed by atoms with Gasteiger partial charge in [-0.1, -0.05) is 42.5 Å². The zero-order valence-electron chi connectivity index (χ0n) is 14.8. The van der Waals surface area contributed by atoms with Gasteiger partial charge in [-0.25, -0.2) is 10.2 Å². The van der Waals surface area contributed by atoms with E-state index in [1.54, 1.807) is 24.3 Å². The monoisotopic (exact) mass is 361 g/mol. The second kappa shape index (κ2) is 8.62. The van der Waals surface area contributed by atoms with Gasteiger partial charge in [-0.05, 0) is 40.6 Å². The fourth-order valence-corrected chi connectivity index (χ4v) is 2.52. The van der Waals surface area contributed by atoms with Crippen LogP contribution in [0, 0.1) is 0 Å². The van der Waals surface area contributed by atoms with Crippen LogP contribution in [0.1, 0.15) is 15.9 Å². The van der Waals surface area contributed by atoms with Gasteiger partial charge in [0.1, 0.15) is 0 Å². The molecule has 6 heteroatoms. The van der Waals surface area contributed by atoms with E-state index in [4.69, 9.17) is 0 Å². The molecule has 0 atom stereocenters. The highest BCUT2D eigenvalue weighted by Crippen LogP contribution is 2.18. The van der Waals surface area contributed by atoms with E-state index >= 15 is 0 Å². The van der Waals surface area contributed by atoms with Crippen molar-refractivity contribution in [3.63, 3.8) is 0 Å². The number of esters is 1. The van der Waals surface area contributed by atoms with E-state index in [1.165, 1.54) is 13.3 Å². The molecular weight excluding hydrogens is 342 g/mol. The molecule has 2 N–H and O–H groups in total. The molecule has 3 aromatic carbocycles. The highest BCUT2D eigenvalue weighted by molar-refractivity contribution is 5.91. The molecule has 27 heavy (non-hydrogen) atoms. The molecular formula is C21H19N3O3. The third-order valence-electron chi connectivity index (χ3n) is 3.94. The molecule has 3 rings (SSSR count). The number of carbonyl (C=O) groups is 2. The second-order valence-corrected chi connectivity index (χ2v) is 5.82. The van der Waals surface area contributed by atoms with Gasteiger partial charge in [0.15, 0.2) is 0 Å². The highest BCUT2D eigenvalue weighted by atomic mass is 16.5. The van der Waals surface area contributed by atoms with E-state index in [-0.39, 0.29) is 12.5 Å². The van der Waals surface area contributed by atoms with Crippen molar-refractivity contribution in [3.05, 3.63) is 77.9 Å². The van der Waals surface area contributed by atoms with Gasteiger partial charge in [0, 0.05) is 5.69 Å². The van der Waals surface area contributed by atoms with Crippen molar-refractivity contribution in [1.29, 1.82) is 0 Å². The van der Waals surface area contributed by atoms with Crippen molar-refractivity contribution >= 4 is 34.6 Å². The minimum absolute atomic E-state index is 0.108. The van der Waals surface area contributed by atoms with Crippen molar-refractivity contribution in [2.24, 2.45) is 5.10 Å². The van der Waals surface area contributed by atoms with E-state index in [0.29, 0.717) is 5.56 Å². The summed E-state index contributed by atoms with van der Waals surface area (Å²) in [5.41, 5.74) is 4.54. The Morgan fingerprint density at radius 1 is 1.00 bits per heavy atom. The van der Waals surface area contributed by atoms with Crippen LogP contribution in [0.2, 0.25) is 0 Å². The van der Waals surface area contributed by atoms with Crippen LogP contribution in [0.5, 0.6) is 0 Å². The van der Waals surface area contributed by atoms with E-state index in [0.717, 1.165) is 22.0 Å². The lowest BCUT2D eigenvalue weighted by atomic mass is 10.1. The van der Waals surface area contributed by atoms with Crippen molar-refractivity contribution in [2.45, 2.75) is 0 Å². The molecule has 0 aliphatic heterocycles. The van der Waals surface area contributed by atoms with E-state index in [2.05, 4.69) is 20.6 Å². The number of carbonyl (C=O) groups excluding carboxylic acids is 2. The summed E-state index contributed by atoms with van der Waals surface area (Å²) >= 11 is 0. The minimum atomic E-state index is -0.397. The zero-order chi connectivity index (χ0) is 19.1. The fraction of sp³-hybridized carbons (Fsp3) is 0.0952. The smallest absolute Gasteiger partial charge is 0.337 e. The van der Waals surface area contributed by atoms with Gasteiger partial charge in [-0.2, -0.15) is 5.10 Å². The molecule has 6 nitrogen and oxygen atoms in total. The molecule has 136 valence electrons. The standard InChI is InChI=1S/C21H19N3O3/c1-27-21(26)17-8-6-15(7-9-17)13-23-24-20(25)14-22-19-11-10-16-4-2-3-5-18(16)12-19/h2-13,22H,14H2,1H3,(H,24,25)/b23-13-. The number of ether oxygens (including phenoxy) is 1.